The van der Waals surface area contributed by atoms with Gasteiger partial charge in [0, 0.05) is 16.6 Å². The van der Waals surface area contributed by atoms with E-state index in [-0.39, 0.29) is 5.41 Å². The molecule has 0 aliphatic carbocycles. The molecule has 0 bridgehead atoms. The van der Waals surface area contributed by atoms with Crippen molar-refractivity contribution in [3.05, 3.63) is 83.4 Å². The molecular weight excluding hydrogens is 366 g/mol. The van der Waals surface area contributed by atoms with Crippen LogP contribution < -0.4 is 5.32 Å². The Hall–Kier alpha value is -2.91. The molecule has 0 atom stereocenters. The lowest BCUT2D eigenvalue weighted by molar-refractivity contribution is 0.590. The highest BCUT2D eigenvalue weighted by molar-refractivity contribution is 6.33. The number of hydrogen-bond acceptors (Lipinski definition) is 3. The fourth-order valence-electron chi connectivity index (χ4n) is 3.13. The fourth-order valence-corrected chi connectivity index (χ4v) is 3.35. The van der Waals surface area contributed by atoms with Crippen molar-refractivity contribution in [2.75, 3.05) is 5.32 Å². The number of aromatic nitrogens is 2. The molecule has 0 radical (unpaired) electrons. The van der Waals surface area contributed by atoms with Crippen LogP contribution >= 0.6 is 11.6 Å². The van der Waals surface area contributed by atoms with E-state index in [0.717, 1.165) is 28.0 Å². The summed E-state index contributed by atoms with van der Waals surface area (Å²) in [7, 11) is 0. The van der Waals surface area contributed by atoms with Crippen LogP contribution in [0.1, 0.15) is 26.3 Å². The van der Waals surface area contributed by atoms with Gasteiger partial charge in [0.15, 0.2) is 5.82 Å². The van der Waals surface area contributed by atoms with Crippen LogP contribution in [0.2, 0.25) is 5.02 Å². The predicted molar refractivity (Wildman–Crippen MR) is 118 cm³/mol. The molecule has 0 saturated heterocycles. The van der Waals surface area contributed by atoms with Crippen LogP contribution in [-0.2, 0) is 5.41 Å². The fraction of sp³-hybridized carbons (Fsp3) is 0.167. The first-order valence-electron chi connectivity index (χ1n) is 9.31. The molecule has 1 N–H and O–H groups in total. The summed E-state index contributed by atoms with van der Waals surface area (Å²) in [5, 5.41) is 5.07. The van der Waals surface area contributed by atoms with Crippen LogP contribution in [0.25, 0.3) is 22.3 Å². The Bertz CT molecular complexity index is 1130. The van der Waals surface area contributed by atoms with E-state index in [1.165, 1.54) is 5.56 Å². The molecule has 0 spiro atoms. The van der Waals surface area contributed by atoms with Crippen molar-refractivity contribution in [2.45, 2.75) is 26.2 Å². The molecule has 4 heteroatoms. The Morgan fingerprint density at radius 3 is 2.18 bits per heavy atom. The quantitative estimate of drug-likeness (QED) is 0.411. The molecular formula is C24H22ClN3. The normalized spacial score (nSPS) is 11.6. The van der Waals surface area contributed by atoms with Crippen molar-refractivity contribution in [2.24, 2.45) is 0 Å². The van der Waals surface area contributed by atoms with Crippen LogP contribution in [0.5, 0.6) is 0 Å². The highest BCUT2D eigenvalue weighted by Gasteiger charge is 2.14. The number of para-hydroxylation sites is 1. The number of halogens is 1. The molecule has 1 heterocycles. The molecule has 4 aromatic rings. The van der Waals surface area contributed by atoms with Crippen LogP contribution in [0, 0.1) is 0 Å². The van der Waals surface area contributed by atoms with E-state index in [1.54, 1.807) is 0 Å². The summed E-state index contributed by atoms with van der Waals surface area (Å²) in [5.74, 6) is 1.38. The van der Waals surface area contributed by atoms with E-state index in [2.05, 4.69) is 50.4 Å². The van der Waals surface area contributed by atoms with E-state index >= 15 is 0 Å². The van der Waals surface area contributed by atoms with Crippen molar-refractivity contribution in [1.29, 1.82) is 0 Å². The van der Waals surface area contributed by atoms with Gasteiger partial charge in [-0.15, -0.1) is 0 Å². The van der Waals surface area contributed by atoms with Gasteiger partial charge in [0.1, 0.15) is 5.82 Å². The minimum absolute atomic E-state index is 0.122. The summed E-state index contributed by atoms with van der Waals surface area (Å²) < 4.78 is 0. The number of hydrogen-bond donors (Lipinski definition) is 1. The summed E-state index contributed by atoms with van der Waals surface area (Å²) in [5.41, 5.74) is 4.10. The predicted octanol–water partition coefficient (Wildman–Crippen LogP) is 6.99. The molecule has 0 fully saturated rings. The zero-order valence-electron chi connectivity index (χ0n) is 16.2. The first-order chi connectivity index (χ1) is 13.4. The van der Waals surface area contributed by atoms with Crippen molar-refractivity contribution >= 4 is 34.0 Å². The average Bonchev–Trinajstić information content (AvgIpc) is 2.68. The zero-order valence-corrected chi connectivity index (χ0v) is 17.0. The number of fused-ring (bicyclic) bond motifs is 1. The molecule has 3 nitrogen and oxygen atoms in total. The standard InChI is InChI=1S/C24H22ClN3/c1-24(2,3)16-12-14-17(15-13-16)26-23-19-9-5-7-11-21(19)27-22(28-23)18-8-4-6-10-20(18)25/h4-15H,1-3H3,(H,26,27,28). The van der Waals surface area contributed by atoms with Crippen LogP contribution in [0.4, 0.5) is 11.5 Å². The summed E-state index contributed by atoms with van der Waals surface area (Å²) in [6.45, 7) is 6.63. The average molecular weight is 388 g/mol. The highest BCUT2D eigenvalue weighted by atomic mass is 35.5. The lowest BCUT2D eigenvalue weighted by Gasteiger charge is -2.19. The zero-order chi connectivity index (χ0) is 19.7. The monoisotopic (exact) mass is 387 g/mol. The van der Waals surface area contributed by atoms with Crippen LogP contribution in [-0.4, -0.2) is 9.97 Å². The van der Waals surface area contributed by atoms with Gasteiger partial charge in [-0.1, -0.05) is 68.8 Å². The van der Waals surface area contributed by atoms with Crippen molar-refractivity contribution in [3.8, 4) is 11.4 Å². The lowest BCUT2D eigenvalue weighted by atomic mass is 9.87. The maximum atomic E-state index is 6.38. The highest BCUT2D eigenvalue weighted by Crippen LogP contribution is 2.31. The van der Waals surface area contributed by atoms with E-state index in [0.29, 0.717) is 10.8 Å². The van der Waals surface area contributed by atoms with E-state index in [1.807, 2.05) is 48.5 Å². The maximum Gasteiger partial charge on any atom is 0.163 e. The molecule has 28 heavy (non-hydrogen) atoms. The van der Waals surface area contributed by atoms with Crippen molar-refractivity contribution in [1.82, 2.24) is 9.97 Å². The van der Waals surface area contributed by atoms with Gasteiger partial charge in [-0.2, -0.15) is 0 Å². The number of benzene rings is 3. The van der Waals surface area contributed by atoms with Gasteiger partial charge in [-0.25, -0.2) is 9.97 Å². The Morgan fingerprint density at radius 2 is 1.46 bits per heavy atom. The first-order valence-corrected chi connectivity index (χ1v) is 9.69. The minimum atomic E-state index is 0.122. The van der Waals surface area contributed by atoms with Crippen molar-refractivity contribution < 1.29 is 0 Å². The molecule has 140 valence electrons. The second kappa shape index (κ2) is 7.25. The topological polar surface area (TPSA) is 37.8 Å². The largest absolute Gasteiger partial charge is 0.340 e. The van der Waals surface area contributed by atoms with Gasteiger partial charge in [-0.05, 0) is 47.4 Å². The van der Waals surface area contributed by atoms with Gasteiger partial charge in [0.05, 0.1) is 10.5 Å². The molecule has 4 rings (SSSR count). The number of anilines is 2. The van der Waals surface area contributed by atoms with E-state index < -0.39 is 0 Å². The SMILES string of the molecule is CC(C)(C)c1ccc(Nc2nc(-c3ccccc3Cl)nc3ccccc23)cc1. The molecule has 0 aliphatic rings. The summed E-state index contributed by atoms with van der Waals surface area (Å²) in [6, 6.07) is 24.1. The Kier molecular flexibility index (Phi) is 4.78. The summed E-state index contributed by atoms with van der Waals surface area (Å²) in [4.78, 5) is 9.51. The number of nitrogens with zero attached hydrogens (tertiary/aromatic N) is 2. The first kappa shape index (κ1) is 18.5. The third kappa shape index (κ3) is 3.71. The van der Waals surface area contributed by atoms with Gasteiger partial charge < -0.3 is 5.32 Å². The van der Waals surface area contributed by atoms with Gasteiger partial charge in [0.2, 0.25) is 0 Å². The van der Waals surface area contributed by atoms with Crippen LogP contribution in [0.3, 0.4) is 0 Å². The Labute approximate surface area is 170 Å². The number of rotatable bonds is 3. The number of nitrogens with one attached hydrogen (secondary N) is 1. The second-order valence-corrected chi connectivity index (χ2v) is 8.25. The van der Waals surface area contributed by atoms with Crippen molar-refractivity contribution in [3.63, 3.8) is 0 Å². The second-order valence-electron chi connectivity index (χ2n) is 7.85. The third-order valence-electron chi connectivity index (χ3n) is 4.73. The summed E-state index contributed by atoms with van der Waals surface area (Å²) >= 11 is 6.38. The molecule has 3 aromatic carbocycles. The molecule has 0 aliphatic heterocycles. The van der Waals surface area contributed by atoms with Gasteiger partial charge in [0.25, 0.3) is 0 Å². The summed E-state index contributed by atoms with van der Waals surface area (Å²) in [6.07, 6.45) is 0. The van der Waals surface area contributed by atoms with E-state index in [9.17, 15) is 0 Å². The third-order valence-corrected chi connectivity index (χ3v) is 5.06. The maximum absolute atomic E-state index is 6.38. The molecule has 0 saturated carbocycles. The van der Waals surface area contributed by atoms with Gasteiger partial charge >= 0.3 is 0 Å². The van der Waals surface area contributed by atoms with Crippen LogP contribution in [0.15, 0.2) is 72.8 Å². The Balaban J connectivity index is 1.79. The van der Waals surface area contributed by atoms with Gasteiger partial charge in [-0.3, -0.25) is 0 Å². The molecule has 1 aromatic heterocycles. The Morgan fingerprint density at radius 1 is 0.786 bits per heavy atom. The molecule has 0 unspecified atom stereocenters. The van der Waals surface area contributed by atoms with E-state index in [4.69, 9.17) is 21.6 Å². The lowest BCUT2D eigenvalue weighted by Crippen LogP contribution is -2.10. The minimum Gasteiger partial charge on any atom is -0.340 e. The molecule has 0 amide bonds. The smallest absolute Gasteiger partial charge is 0.163 e.